The topological polar surface area (TPSA) is 82.6 Å². The summed E-state index contributed by atoms with van der Waals surface area (Å²) in [5, 5.41) is 1.69. The number of amides is 3. The fourth-order valence-corrected chi connectivity index (χ4v) is 5.16. The number of ether oxygens (including phenoxy) is 2. The highest BCUT2D eigenvalue weighted by atomic mass is 16.6. The molecule has 3 amide bonds. The van der Waals surface area contributed by atoms with Gasteiger partial charge in [0.15, 0.2) is 0 Å². The number of fused-ring (bicyclic) bond motifs is 1. The second-order valence-corrected chi connectivity index (χ2v) is 12.8. The second-order valence-electron chi connectivity index (χ2n) is 12.8. The predicted octanol–water partition coefficient (Wildman–Crippen LogP) is 6.68. The Morgan fingerprint density at radius 3 is 1.93 bits per heavy atom. The number of hydrogen-bond donors (Lipinski definition) is 0. The molecule has 3 rings (SSSR count). The summed E-state index contributed by atoms with van der Waals surface area (Å²) in [5.74, 6) is -0.206. The van der Waals surface area contributed by atoms with E-state index in [1.165, 1.54) is 11.3 Å². The number of piperidine rings is 1. The van der Waals surface area contributed by atoms with Crippen molar-refractivity contribution in [3.8, 4) is 0 Å². The molecule has 1 aliphatic heterocycles. The molecule has 0 unspecified atom stereocenters. The van der Waals surface area contributed by atoms with Crippen molar-refractivity contribution < 1.29 is 23.9 Å². The third-order valence-corrected chi connectivity index (χ3v) is 7.17. The summed E-state index contributed by atoms with van der Waals surface area (Å²) in [7, 11) is 0. The molecule has 2 aromatic rings. The van der Waals surface area contributed by atoms with Crippen LogP contribution in [0.1, 0.15) is 74.7 Å². The van der Waals surface area contributed by atoms with E-state index in [4.69, 9.17) is 9.47 Å². The van der Waals surface area contributed by atoms with Crippen molar-refractivity contribution >= 4 is 40.2 Å². The fraction of sp³-hybridized carbons (Fsp3) is 0.606. The van der Waals surface area contributed by atoms with Gasteiger partial charge in [0.25, 0.3) is 0 Å². The van der Waals surface area contributed by atoms with Gasteiger partial charge in [-0.2, -0.15) is 0 Å². The number of carbonyl (C=O) groups excluding carboxylic acids is 3. The molecule has 0 atom stereocenters. The van der Waals surface area contributed by atoms with E-state index < -0.39 is 23.4 Å². The van der Waals surface area contributed by atoms with Crippen LogP contribution in [0, 0.1) is 0 Å². The van der Waals surface area contributed by atoms with Gasteiger partial charge in [0.05, 0.1) is 11.4 Å². The lowest BCUT2D eigenvalue weighted by Crippen LogP contribution is -2.47. The Morgan fingerprint density at radius 1 is 0.786 bits per heavy atom. The van der Waals surface area contributed by atoms with Crippen LogP contribution in [-0.2, 0) is 14.3 Å². The molecular weight excluding hydrogens is 532 g/mol. The molecule has 2 aromatic carbocycles. The molecule has 0 saturated carbocycles. The van der Waals surface area contributed by atoms with Crippen molar-refractivity contribution in [2.45, 2.75) is 85.9 Å². The average molecular weight is 583 g/mol. The molecule has 0 aliphatic carbocycles. The highest BCUT2D eigenvalue weighted by Gasteiger charge is 2.33. The Hall–Kier alpha value is -3.33. The lowest BCUT2D eigenvalue weighted by molar-refractivity contribution is -0.129. The van der Waals surface area contributed by atoms with Gasteiger partial charge in [-0.15, -0.1) is 0 Å². The first-order valence-corrected chi connectivity index (χ1v) is 15.3. The molecular formula is C33H50N4O5. The van der Waals surface area contributed by atoms with E-state index in [1.807, 2.05) is 65.0 Å². The van der Waals surface area contributed by atoms with Gasteiger partial charge in [0.2, 0.25) is 5.91 Å². The molecule has 1 aliphatic rings. The van der Waals surface area contributed by atoms with Gasteiger partial charge < -0.3 is 19.3 Å². The molecule has 0 bridgehead atoms. The Balaban J connectivity index is 2.21. The zero-order valence-corrected chi connectivity index (χ0v) is 26.9. The number of benzene rings is 2. The fourth-order valence-electron chi connectivity index (χ4n) is 5.16. The Bertz CT molecular complexity index is 1220. The minimum atomic E-state index is -0.788. The molecule has 9 heteroatoms. The van der Waals surface area contributed by atoms with E-state index >= 15 is 0 Å². The van der Waals surface area contributed by atoms with E-state index in [1.54, 1.807) is 36.6 Å². The minimum Gasteiger partial charge on any atom is -0.443 e. The maximum atomic E-state index is 13.9. The largest absolute Gasteiger partial charge is 0.443 e. The van der Waals surface area contributed by atoms with Crippen molar-refractivity contribution in [2.24, 2.45) is 0 Å². The summed E-state index contributed by atoms with van der Waals surface area (Å²) < 4.78 is 11.8. The predicted molar refractivity (Wildman–Crippen MR) is 169 cm³/mol. The van der Waals surface area contributed by atoms with Crippen molar-refractivity contribution in [3.05, 3.63) is 36.4 Å². The van der Waals surface area contributed by atoms with E-state index in [0.717, 1.165) is 36.7 Å². The molecule has 1 saturated heterocycles. The summed E-state index contributed by atoms with van der Waals surface area (Å²) in [4.78, 5) is 48.2. The SMILES string of the molecule is CCN(CC)C(=O)CN(C(=O)OC(C)(C)C)c1ccc2ccccc2c1N(CCN1CCCCC1)C(=O)OC(C)(C)C. The van der Waals surface area contributed by atoms with Gasteiger partial charge in [-0.05, 0) is 92.8 Å². The van der Waals surface area contributed by atoms with Gasteiger partial charge in [-0.25, -0.2) is 9.59 Å². The lowest BCUT2D eigenvalue weighted by atomic mass is 10.0. The Kier molecular flexibility index (Phi) is 11.2. The van der Waals surface area contributed by atoms with Gasteiger partial charge in [0, 0.05) is 31.6 Å². The number of likely N-dealkylation sites (N-methyl/N-ethyl adjacent to an activating group) is 1. The highest BCUT2D eigenvalue weighted by Crippen LogP contribution is 2.39. The summed E-state index contributed by atoms with van der Waals surface area (Å²) in [5.41, 5.74) is -0.566. The van der Waals surface area contributed by atoms with E-state index in [0.29, 0.717) is 37.6 Å². The molecule has 1 fully saturated rings. The van der Waals surface area contributed by atoms with E-state index in [-0.39, 0.29) is 12.5 Å². The second kappa shape index (κ2) is 14.2. The number of anilines is 2. The summed E-state index contributed by atoms with van der Waals surface area (Å²) in [6.45, 7) is 18.5. The molecule has 9 nitrogen and oxygen atoms in total. The summed E-state index contributed by atoms with van der Waals surface area (Å²) in [6.07, 6.45) is 2.32. The van der Waals surface area contributed by atoms with Gasteiger partial charge in [-0.1, -0.05) is 36.8 Å². The zero-order chi connectivity index (χ0) is 31.1. The van der Waals surface area contributed by atoms with Crippen LogP contribution in [0.15, 0.2) is 36.4 Å². The van der Waals surface area contributed by atoms with Crippen LogP contribution >= 0.6 is 0 Å². The van der Waals surface area contributed by atoms with E-state index in [9.17, 15) is 14.4 Å². The maximum absolute atomic E-state index is 13.9. The lowest BCUT2D eigenvalue weighted by Gasteiger charge is -2.35. The molecule has 0 spiro atoms. The van der Waals surface area contributed by atoms with Crippen molar-refractivity contribution in [2.75, 3.05) is 55.6 Å². The normalized spacial score (nSPS) is 14.4. The Morgan fingerprint density at radius 2 is 1.36 bits per heavy atom. The van der Waals surface area contributed by atoms with Crippen LogP contribution in [0.2, 0.25) is 0 Å². The first-order valence-electron chi connectivity index (χ1n) is 15.3. The van der Waals surface area contributed by atoms with Crippen LogP contribution < -0.4 is 9.80 Å². The van der Waals surface area contributed by atoms with Crippen LogP contribution in [0.4, 0.5) is 21.0 Å². The molecule has 42 heavy (non-hydrogen) atoms. The quantitative estimate of drug-likeness (QED) is 0.328. The zero-order valence-electron chi connectivity index (χ0n) is 26.9. The van der Waals surface area contributed by atoms with Crippen LogP contribution in [0.5, 0.6) is 0 Å². The first-order chi connectivity index (χ1) is 19.7. The van der Waals surface area contributed by atoms with Crippen molar-refractivity contribution in [3.63, 3.8) is 0 Å². The molecule has 0 N–H and O–H groups in total. The maximum Gasteiger partial charge on any atom is 0.415 e. The minimum absolute atomic E-state index is 0.206. The number of hydrogen-bond acceptors (Lipinski definition) is 6. The number of rotatable bonds is 9. The summed E-state index contributed by atoms with van der Waals surface area (Å²) in [6, 6.07) is 11.5. The van der Waals surface area contributed by atoms with E-state index in [2.05, 4.69) is 4.90 Å². The number of carbonyl (C=O) groups is 3. The molecule has 232 valence electrons. The molecule has 0 radical (unpaired) electrons. The third-order valence-electron chi connectivity index (χ3n) is 7.17. The Labute approximate surface area is 251 Å². The monoisotopic (exact) mass is 582 g/mol. The standard InChI is InChI=1S/C33H50N4O5/c1-9-35(10-2)28(38)24-37(31(40)42-33(6,7)8)27-19-18-25-16-12-13-17-26(25)29(27)36(30(39)41-32(3,4)5)23-22-34-20-14-11-15-21-34/h12-13,16-19H,9-11,14-15,20-24H2,1-8H3. The molecule has 0 aromatic heterocycles. The van der Waals surface area contributed by atoms with Crippen LogP contribution in [-0.4, -0.2) is 84.9 Å². The highest BCUT2D eigenvalue weighted by molar-refractivity contribution is 6.11. The summed E-state index contributed by atoms with van der Waals surface area (Å²) >= 11 is 0. The van der Waals surface area contributed by atoms with Gasteiger partial charge in [0.1, 0.15) is 17.7 Å². The number of likely N-dealkylation sites (tertiary alicyclic amines) is 1. The number of nitrogens with zero attached hydrogens (tertiary/aromatic N) is 4. The van der Waals surface area contributed by atoms with Crippen LogP contribution in [0.3, 0.4) is 0 Å². The average Bonchev–Trinajstić information content (AvgIpc) is 2.91. The van der Waals surface area contributed by atoms with Crippen molar-refractivity contribution in [1.29, 1.82) is 0 Å². The first kappa shape index (κ1) is 33.2. The van der Waals surface area contributed by atoms with Crippen molar-refractivity contribution in [1.82, 2.24) is 9.80 Å². The van der Waals surface area contributed by atoms with Gasteiger partial charge >= 0.3 is 12.2 Å². The van der Waals surface area contributed by atoms with Crippen LogP contribution in [0.25, 0.3) is 10.8 Å². The molecule has 1 heterocycles. The van der Waals surface area contributed by atoms with Gasteiger partial charge in [-0.3, -0.25) is 14.6 Å². The smallest absolute Gasteiger partial charge is 0.415 e. The third kappa shape index (κ3) is 9.08.